The number of thiophene rings is 1. The second-order valence-electron chi connectivity index (χ2n) is 5.12. The van der Waals surface area contributed by atoms with Gasteiger partial charge in [-0.05, 0) is 54.6 Å². The van der Waals surface area contributed by atoms with Gasteiger partial charge in [-0.2, -0.15) is 0 Å². The van der Waals surface area contributed by atoms with E-state index in [1.54, 1.807) is 6.20 Å². The molecule has 4 rings (SSSR count). The van der Waals surface area contributed by atoms with Crippen LogP contribution in [0.4, 0.5) is 0 Å². The van der Waals surface area contributed by atoms with E-state index in [4.69, 9.17) is 10.1 Å². The topological polar surface area (TPSA) is 58.9 Å². The highest BCUT2D eigenvalue weighted by molar-refractivity contribution is 7.17. The molecular formula is C16H13N3OS2. The lowest BCUT2D eigenvalue weighted by molar-refractivity contribution is 0.490. The first kappa shape index (κ1) is 13.6. The van der Waals surface area contributed by atoms with Crippen LogP contribution in [0.15, 0.2) is 24.5 Å². The lowest BCUT2D eigenvalue weighted by Gasteiger charge is -2.14. The quantitative estimate of drug-likeness (QED) is 0.722. The monoisotopic (exact) mass is 327 g/mol. The van der Waals surface area contributed by atoms with Crippen LogP contribution in [0.25, 0.3) is 10.4 Å². The summed E-state index contributed by atoms with van der Waals surface area (Å²) in [5.41, 5.74) is 4.48. The number of nitrogens with one attached hydrogen (secondary N) is 1. The molecule has 0 saturated carbocycles. The van der Waals surface area contributed by atoms with Gasteiger partial charge in [0.1, 0.15) is 5.75 Å². The number of aromatic nitrogens is 2. The molecule has 0 spiro atoms. The molecule has 1 aliphatic carbocycles. The van der Waals surface area contributed by atoms with Gasteiger partial charge in [-0.3, -0.25) is 4.98 Å². The van der Waals surface area contributed by atoms with Crippen LogP contribution in [-0.4, -0.2) is 15.6 Å². The standard InChI is InChI=1S/C16H13N3OS2/c1-9-12(3-2-6-18-9)20-16-14-11(13(7-17)21-16)5-4-10-8-19-22-15(10)14/h2-3,6-8,17H,4-5H2,1H3. The minimum Gasteiger partial charge on any atom is -0.444 e. The van der Waals surface area contributed by atoms with Crippen molar-refractivity contribution in [3.63, 3.8) is 0 Å². The average Bonchev–Trinajstić information content (AvgIpc) is 3.13. The normalized spacial score (nSPS) is 12.6. The SMILES string of the molecule is Cc1ncccc1Oc1sc(C=N)c2c1-c1sncc1CC2. The molecular weight excluding hydrogens is 314 g/mol. The summed E-state index contributed by atoms with van der Waals surface area (Å²) in [5, 5.41) is 8.51. The van der Waals surface area contributed by atoms with E-state index < -0.39 is 0 Å². The van der Waals surface area contributed by atoms with E-state index in [2.05, 4.69) is 9.36 Å². The van der Waals surface area contributed by atoms with Gasteiger partial charge in [-0.1, -0.05) is 11.3 Å². The van der Waals surface area contributed by atoms with Crippen molar-refractivity contribution in [2.24, 2.45) is 0 Å². The van der Waals surface area contributed by atoms with Gasteiger partial charge in [-0.25, -0.2) is 4.37 Å². The van der Waals surface area contributed by atoms with E-state index >= 15 is 0 Å². The van der Waals surface area contributed by atoms with Crippen molar-refractivity contribution in [1.82, 2.24) is 9.36 Å². The first-order valence-corrected chi connectivity index (χ1v) is 8.56. The van der Waals surface area contributed by atoms with Crippen molar-refractivity contribution < 1.29 is 4.74 Å². The molecule has 0 atom stereocenters. The third-order valence-electron chi connectivity index (χ3n) is 3.81. The second-order valence-corrected chi connectivity index (χ2v) is 6.94. The predicted molar refractivity (Wildman–Crippen MR) is 89.8 cm³/mol. The lowest BCUT2D eigenvalue weighted by Crippen LogP contribution is -2.01. The molecule has 3 aromatic heterocycles. The molecule has 0 saturated heterocycles. The molecule has 0 bridgehead atoms. The lowest BCUT2D eigenvalue weighted by atomic mass is 9.93. The Balaban J connectivity index is 1.86. The number of nitrogens with zero attached hydrogens (tertiary/aromatic N) is 2. The van der Waals surface area contributed by atoms with Gasteiger partial charge in [0.25, 0.3) is 0 Å². The van der Waals surface area contributed by atoms with Crippen molar-refractivity contribution in [1.29, 1.82) is 5.41 Å². The molecule has 6 heteroatoms. The van der Waals surface area contributed by atoms with Crippen molar-refractivity contribution in [3.05, 3.63) is 46.2 Å². The zero-order valence-electron chi connectivity index (χ0n) is 11.9. The van der Waals surface area contributed by atoms with E-state index in [-0.39, 0.29) is 0 Å². The summed E-state index contributed by atoms with van der Waals surface area (Å²) >= 11 is 3.04. The Morgan fingerprint density at radius 3 is 3.09 bits per heavy atom. The summed E-state index contributed by atoms with van der Waals surface area (Å²) in [4.78, 5) is 6.43. The van der Waals surface area contributed by atoms with E-state index in [9.17, 15) is 0 Å². The highest BCUT2D eigenvalue weighted by Crippen LogP contribution is 2.49. The fraction of sp³-hybridized carbons (Fsp3) is 0.188. The maximum atomic E-state index is 7.67. The first-order valence-electron chi connectivity index (χ1n) is 6.97. The van der Waals surface area contributed by atoms with E-state index in [0.717, 1.165) is 39.8 Å². The number of aryl methyl sites for hydroxylation is 2. The first-order chi connectivity index (χ1) is 10.8. The van der Waals surface area contributed by atoms with Crippen LogP contribution in [0, 0.1) is 12.3 Å². The molecule has 0 aromatic carbocycles. The summed E-state index contributed by atoms with van der Waals surface area (Å²) in [6, 6.07) is 3.80. The van der Waals surface area contributed by atoms with Crippen LogP contribution >= 0.6 is 22.9 Å². The third-order valence-corrected chi connectivity index (χ3v) is 5.73. The molecule has 3 heterocycles. The van der Waals surface area contributed by atoms with Gasteiger partial charge < -0.3 is 10.1 Å². The zero-order valence-corrected chi connectivity index (χ0v) is 13.6. The molecule has 1 N–H and O–H groups in total. The molecule has 4 nitrogen and oxygen atoms in total. The van der Waals surface area contributed by atoms with Crippen LogP contribution in [0.3, 0.4) is 0 Å². The summed E-state index contributed by atoms with van der Waals surface area (Å²) in [6.45, 7) is 1.94. The molecule has 0 unspecified atom stereocenters. The van der Waals surface area contributed by atoms with Gasteiger partial charge in [0.15, 0.2) is 5.06 Å². The fourth-order valence-corrected chi connectivity index (χ4v) is 4.68. The molecule has 22 heavy (non-hydrogen) atoms. The summed E-state index contributed by atoms with van der Waals surface area (Å²) in [6.07, 6.45) is 7.07. The Kier molecular flexibility index (Phi) is 3.28. The van der Waals surface area contributed by atoms with Gasteiger partial charge in [0.05, 0.1) is 21.0 Å². The van der Waals surface area contributed by atoms with E-state index in [0.29, 0.717) is 0 Å². The Hall–Kier alpha value is -2.05. The van der Waals surface area contributed by atoms with Crippen molar-refractivity contribution in [2.45, 2.75) is 19.8 Å². The second kappa shape index (κ2) is 5.30. The Morgan fingerprint density at radius 2 is 2.27 bits per heavy atom. The van der Waals surface area contributed by atoms with Gasteiger partial charge >= 0.3 is 0 Å². The average molecular weight is 327 g/mol. The van der Waals surface area contributed by atoms with Crippen LogP contribution in [0.2, 0.25) is 0 Å². The Bertz CT molecular complexity index is 866. The van der Waals surface area contributed by atoms with E-state index in [1.807, 2.05) is 25.3 Å². The molecule has 0 amide bonds. The zero-order chi connectivity index (χ0) is 15.1. The molecule has 0 fully saturated rings. The summed E-state index contributed by atoms with van der Waals surface area (Å²) in [5.74, 6) is 0.764. The molecule has 110 valence electrons. The minimum atomic E-state index is 0.764. The Morgan fingerprint density at radius 1 is 1.36 bits per heavy atom. The van der Waals surface area contributed by atoms with Crippen LogP contribution in [-0.2, 0) is 12.8 Å². The number of ether oxygens (including phenoxy) is 1. The Labute approximate surface area is 136 Å². The number of pyridine rings is 1. The summed E-state index contributed by atoms with van der Waals surface area (Å²) < 4.78 is 10.5. The highest BCUT2D eigenvalue weighted by atomic mass is 32.1. The van der Waals surface area contributed by atoms with Crippen LogP contribution < -0.4 is 4.74 Å². The maximum absolute atomic E-state index is 7.67. The number of rotatable bonds is 3. The number of fused-ring (bicyclic) bond motifs is 3. The third kappa shape index (κ3) is 2.07. The fourth-order valence-electron chi connectivity index (χ4n) is 2.71. The molecule has 1 aliphatic rings. The number of hydrogen-bond donors (Lipinski definition) is 1. The van der Waals surface area contributed by atoms with Crippen molar-refractivity contribution >= 4 is 29.1 Å². The molecule has 0 radical (unpaired) electrons. The van der Waals surface area contributed by atoms with Gasteiger partial charge in [0, 0.05) is 18.6 Å². The molecule has 0 aliphatic heterocycles. The highest BCUT2D eigenvalue weighted by Gasteiger charge is 2.27. The predicted octanol–water partition coefficient (Wildman–Crippen LogP) is 4.46. The van der Waals surface area contributed by atoms with E-state index in [1.165, 1.54) is 45.1 Å². The van der Waals surface area contributed by atoms with Crippen molar-refractivity contribution in [2.75, 3.05) is 0 Å². The van der Waals surface area contributed by atoms with Gasteiger partial charge in [0.2, 0.25) is 0 Å². The maximum Gasteiger partial charge on any atom is 0.190 e. The number of hydrogen-bond acceptors (Lipinski definition) is 6. The smallest absolute Gasteiger partial charge is 0.190 e. The van der Waals surface area contributed by atoms with Crippen LogP contribution in [0.5, 0.6) is 10.8 Å². The largest absolute Gasteiger partial charge is 0.444 e. The minimum absolute atomic E-state index is 0.764. The van der Waals surface area contributed by atoms with Gasteiger partial charge in [-0.15, -0.1) is 0 Å². The van der Waals surface area contributed by atoms with Crippen molar-refractivity contribution in [3.8, 4) is 21.3 Å². The molecule has 3 aromatic rings. The van der Waals surface area contributed by atoms with Crippen LogP contribution in [0.1, 0.15) is 21.7 Å². The summed E-state index contributed by atoms with van der Waals surface area (Å²) in [7, 11) is 0.